The fourth-order valence-electron chi connectivity index (χ4n) is 3.61. The number of aryl methyl sites for hydroxylation is 1. The summed E-state index contributed by atoms with van der Waals surface area (Å²) < 4.78 is 57.7. The fourth-order valence-corrected chi connectivity index (χ4v) is 3.61. The van der Waals surface area contributed by atoms with Crippen LogP contribution in [-0.2, 0) is 12.6 Å². The summed E-state index contributed by atoms with van der Waals surface area (Å²) in [7, 11) is 0. The molecule has 2 aromatic carbocycles. The quantitative estimate of drug-likeness (QED) is 0.374. The number of alkyl halides is 3. The largest absolute Gasteiger partial charge is 0.455 e. The standard InChI is InChI=1S/C23H19F4N3O2/c1-13-20-18(30-29-17-5-2-4-14(12-17)23(25,26)27)6-3-7-19(20)32-21(13)22(31)28-16-10-8-15(24)9-11-16/h2,4-5,8-12,29H,3,6-7H2,1H3,(H,28,31)/b30-18+. The van der Waals surface area contributed by atoms with Gasteiger partial charge < -0.3 is 9.73 Å². The topological polar surface area (TPSA) is 66.6 Å². The summed E-state index contributed by atoms with van der Waals surface area (Å²) in [5, 5.41) is 6.98. The Hall–Kier alpha value is -3.62. The molecule has 0 aliphatic heterocycles. The van der Waals surface area contributed by atoms with Gasteiger partial charge >= 0.3 is 6.18 Å². The molecule has 2 N–H and O–H groups in total. The lowest BCUT2D eigenvalue weighted by molar-refractivity contribution is -0.137. The minimum atomic E-state index is -4.45. The van der Waals surface area contributed by atoms with E-state index < -0.39 is 23.5 Å². The molecule has 9 heteroatoms. The third-order valence-electron chi connectivity index (χ3n) is 5.14. The molecule has 1 aromatic heterocycles. The van der Waals surface area contributed by atoms with Gasteiger partial charge in [-0.2, -0.15) is 18.3 Å². The monoisotopic (exact) mass is 445 g/mol. The van der Waals surface area contributed by atoms with Crippen LogP contribution in [-0.4, -0.2) is 11.6 Å². The first-order valence-electron chi connectivity index (χ1n) is 9.92. The van der Waals surface area contributed by atoms with Crippen molar-refractivity contribution in [2.75, 3.05) is 10.7 Å². The Morgan fingerprint density at radius 1 is 1.06 bits per heavy atom. The molecule has 5 nitrogen and oxygen atoms in total. The number of amides is 1. The molecule has 0 spiro atoms. The van der Waals surface area contributed by atoms with Crippen LogP contribution in [0.4, 0.5) is 28.9 Å². The van der Waals surface area contributed by atoms with E-state index in [1.165, 1.54) is 36.4 Å². The van der Waals surface area contributed by atoms with E-state index in [9.17, 15) is 22.4 Å². The zero-order valence-corrected chi connectivity index (χ0v) is 17.0. The Labute approximate surface area is 181 Å². The molecule has 0 saturated heterocycles. The maximum atomic E-state index is 13.1. The van der Waals surface area contributed by atoms with Crippen molar-refractivity contribution in [2.24, 2.45) is 5.10 Å². The number of hydrogen-bond donors (Lipinski definition) is 2. The minimum absolute atomic E-state index is 0.119. The van der Waals surface area contributed by atoms with Gasteiger partial charge in [-0.1, -0.05) is 6.07 Å². The van der Waals surface area contributed by atoms with Crippen LogP contribution in [0, 0.1) is 12.7 Å². The van der Waals surface area contributed by atoms with Gasteiger partial charge in [0.2, 0.25) is 0 Å². The van der Waals surface area contributed by atoms with E-state index >= 15 is 0 Å². The lowest BCUT2D eigenvalue weighted by Gasteiger charge is -2.14. The van der Waals surface area contributed by atoms with Crippen molar-refractivity contribution in [1.29, 1.82) is 0 Å². The van der Waals surface area contributed by atoms with Crippen LogP contribution in [0.2, 0.25) is 0 Å². The number of carbonyl (C=O) groups is 1. The van der Waals surface area contributed by atoms with Gasteiger partial charge in [-0.25, -0.2) is 4.39 Å². The molecule has 3 aromatic rings. The van der Waals surface area contributed by atoms with Gasteiger partial charge in [0.25, 0.3) is 5.91 Å². The molecular weight excluding hydrogens is 426 g/mol. The molecule has 1 heterocycles. The average molecular weight is 445 g/mol. The predicted molar refractivity (Wildman–Crippen MR) is 112 cm³/mol. The van der Waals surface area contributed by atoms with Gasteiger partial charge in [-0.15, -0.1) is 0 Å². The van der Waals surface area contributed by atoms with Crippen molar-refractivity contribution >= 4 is 23.0 Å². The Bertz CT molecular complexity index is 1180. The van der Waals surface area contributed by atoms with E-state index in [4.69, 9.17) is 4.42 Å². The minimum Gasteiger partial charge on any atom is -0.455 e. The van der Waals surface area contributed by atoms with E-state index in [-0.39, 0.29) is 11.4 Å². The number of fused-ring (bicyclic) bond motifs is 1. The van der Waals surface area contributed by atoms with Crippen molar-refractivity contribution in [2.45, 2.75) is 32.4 Å². The SMILES string of the molecule is Cc1c(C(=O)Nc2ccc(F)cc2)oc2c1/C(=N/Nc1cccc(C(F)(F)F)c1)CCC2. The highest BCUT2D eigenvalue weighted by atomic mass is 19.4. The van der Waals surface area contributed by atoms with Crippen LogP contribution < -0.4 is 10.7 Å². The van der Waals surface area contributed by atoms with Gasteiger partial charge in [0.1, 0.15) is 11.6 Å². The van der Waals surface area contributed by atoms with Crippen LogP contribution in [0.25, 0.3) is 0 Å². The second kappa shape index (κ2) is 8.49. The molecular formula is C23H19F4N3O2. The van der Waals surface area contributed by atoms with E-state index in [2.05, 4.69) is 15.8 Å². The van der Waals surface area contributed by atoms with Gasteiger partial charge in [0.15, 0.2) is 5.76 Å². The highest BCUT2D eigenvalue weighted by molar-refractivity contribution is 6.09. The Kier molecular flexibility index (Phi) is 5.73. The number of hydrogen-bond acceptors (Lipinski definition) is 4. The Morgan fingerprint density at radius 3 is 2.53 bits per heavy atom. The van der Waals surface area contributed by atoms with Crippen molar-refractivity contribution in [3.63, 3.8) is 0 Å². The average Bonchev–Trinajstić information content (AvgIpc) is 3.11. The molecule has 0 saturated carbocycles. The molecule has 166 valence electrons. The number of rotatable bonds is 4. The lowest BCUT2D eigenvalue weighted by atomic mass is 9.93. The molecule has 0 bridgehead atoms. The zero-order chi connectivity index (χ0) is 22.9. The van der Waals surface area contributed by atoms with Gasteiger partial charge in [0.05, 0.1) is 17.0 Å². The second-order valence-electron chi connectivity index (χ2n) is 7.42. The molecule has 0 fully saturated rings. The molecule has 0 unspecified atom stereocenters. The Morgan fingerprint density at radius 2 is 1.81 bits per heavy atom. The van der Waals surface area contributed by atoms with E-state index in [1.54, 1.807) is 6.92 Å². The first-order chi connectivity index (χ1) is 15.2. The number of hydrazone groups is 1. The highest BCUT2D eigenvalue weighted by Crippen LogP contribution is 2.32. The molecule has 0 atom stereocenters. The molecule has 1 aliphatic rings. The number of furan rings is 1. The molecule has 1 aliphatic carbocycles. The molecule has 1 amide bonds. The maximum Gasteiger partial charge on any atom is 0.416 e. The third-order valence-corrected chi connectivity index (χ3v) is 5.14. The van der Waals surface area contributed by atoms with Crippen LogP contribution >= 0.6 is 0 Å². The van der Waals surface area contributed by atoms with E-state index in [0.29, 0.717) is 41.1 Å². The van der Waals surface area contributed by atoms with Crippen molar-refractivity contribution in [3.05, 3.63) is 82.6 Å². The van der Waals surface area contributed by atoms with Crippen LogP contribution in [0.15, 0.2) is 58.0 Å². The summed E-state index contributed by atoms with van der Waals surface area (Å²) in [6, 6.07) is 10.1. The first kappa shape index (κ1) is 21.6. The van der Waals surface area contributed by atoms with E-state index in [0.717, 1.165) is 18.6 Å². The molecule has 4 rings (SSSR count). The second-order valence-corrected chi connectivity index (χ2v) is 7.42. The maximum absolute atomic E-state index is 13.1. The van der Waals surface area contributed by atoms with Crippen molar-refractivity contribution in [3.8, 4) is 0 Å². The van der Waals surface area contributed by atoms with Crippen LogP contribution in [0.3, 0.4) is 0 Å². The van der Waals surface area contributed by atoms with Gasteiger partial charge in [-0.05, 0) is 62.2 Å². The van der Waals surface area contributed by atoms with E-state index in [1.807, 2.05) is 0 Å². The fraction of sp³-hybridized carbons (Fsp3) is 0.217. The molecule has 0 radical (unpaired) electrons. The summed E-state index contributed by atoms with van der Waals surface area (Å²) in [6.07, 6.45) is -2.53. The van der Waals surface area contributed by atoms with Crippen LogP contribution in [0.5, 0.6) is 0 Å². The van der Waals surface area contributed by atoms with Gasteiger partial charge in [-0.3, -0.25) is 10.2 Å². The summed E-state index contributed by atoms with van der Waals surface area (Å²) in [4.78, 5) is 12.7. The number of nitrogens with one attached hydrogen (secondary N) is 2. The summed E-state index contributed by atoms with van der Waals surface area (Å²) in [5.41, 5.74) is 4.41. The first-order valence-corrected chi connectivity index (χ1v) is 9.92. The number of benzene rings is 2. The summed E-state index contributed by atoms with van der Waals surface area (Å²) >= 11 is 0. The molecule has 32 heavy (non-hydrogen) atoms. The summed E-state index contributed by atoms with van der Waals surface area (Å²) in [5.74, 6) is -0.175. The van der Waals surface area contributed by atoms with Crippen molar-refractivity contribution < 1.29 is 26.8 Å². The highest BCUT2D eigenvalue weighted by Gasteiger charge is 2.31. The van der Waals surface area contributed by atoms with Gasteiger partial charge in [0, 0.05) is 23.2 Å². The normalized spacial score (nSPS) is 14.8. The number of anilines is 2. The summed E-state index contributed by atoms with van der Waals surface area (Å²) in [6.45, 7) is 1.73. The Balaban J connectivity index is 1.58. The third kappa shape index (κ3) is 4.51. The lowest BCUT2D eigenvalue weighted by Crippen LogP contribution is -2.14. The van der Waals surface area contributed by atoms with Crippen LogP contribution in [0.1, 0.15) is 45.8 Å². The predicted octanol–water partition coefficient (Wildman–Crippen LogP) is 6.15. The number of halogens is 4. The number of carbonyl (C=O) groups excluding carboxylic acids is 1. The smallest absolute Gasteiger partial charge is 0.416 e. The van der Waals surface area contributed by atoms with Crippen molar-refractivity contribution in [1.82, 2.24) is 0 Å². The number of nitrogens with zero attached hydrogens (tertiary/aromatic N) is 1. The zero-order valence-electron chi connectivity index (χ0n) is 17.0.